The van der Waals surface area contributed by atoms with Gasteiger partial charge in [0.2, 0.25) is 0 Å². The maximum atomic E-state index is 11.2. The third kappa shape index (κ3) is 6.18. The predicted octanol–water partition coefficient (Wildman–Crippen LogP) is 3.50. The molecular formula is C23H31N5O3. The quantitative estimate of drug-likeness (QED) is 0.291. The van der Waals surface area contributed by atoms with Crippen LogP contribution in [0.4, 0.5) is 5.69 Å². The molecule has 8 heteroatoms. The first-order chi connectivity index (χ1) is 15.1. The number of para-hydroxylation sites is 1. The molecule has 0 aromatic heterocycles. The molecule has 8 nitrogen and oxygen atoms in total. The molecule has 1 aliphatic heterocycles. The lowest BCUT2D eigenvalue weighted by Crippen LogP contribution is -2.44. The number of nitro groups is 1. The van der Waals surface area contributed by atoms with Crippen LogP contribution in [0.2, 0.25) is 0 Å². The maximum absolute atomic E-state index is 11.2. The average molecular weight is 426 g/mol. The molecule has 0 radical (unpaired) electrons. The summed E-state index contributed by atoms with van der Waals surface area (Å²) in [6, 6.07) is 15.2. The molecule has 0 aliphatic carbocycles. The van der Waals surface area contributed by atoms with Gasteiger partial charge in [-0.25, -0.2) is 0 Å². The number of aliphatic imine (C=N–C) groups is 1. The number of hydrogen-bond acceptors (Lipinski definition) is 5. The molecule has 1 atom stereocenters. The summed E-state index contributed by atoms with van der Waals surface area (Å²) in [6.45, 7) is 3.15. The Bertz CT molecular complexity index is 879. The van der Waals surface area contributed by atoms with Gasteiger partial charge < -0.3 is 15.4 Å². The highest BCUT2D eigenvalue weighted by atomic mass is 16.6. The van der Waals surface area contributed by atoms with E-state index in [0.29, 0.717) is 24.6 Å². The van der Waals surface area contributed by atoms with Crippen LogP contribution in [0.25, 0.3) is 0 Å². The number of ether oxygens (including phenoxy) is 1. The smallest absolute Gasteiger partial charge is 0.274 e. The number of nitrogens with zero attached hydrogens (tertiary/aromatic N) is 3. The van der Waals surface area contributed by atoms with Crippen molar-refractivity contribution >= 4 is 11.6 Å². The molecule has 1 unspecified atom stereocenters. The first-order valence-corrected chi connectivity index (χ1v) is 10.7. The number of piperidine rings is 1. The van der Waals surface area contributed by atoms with Gasteiger partial charge in [0.1, 0.15) is 5.75 Å². The fourth-order valence-corrected chi connectivity index (χ4v) is 3.95. The minimum Gasteiger partial charge on any atom is -0.497 e. The van der Waals surface area contributed by atoms with E-state index in [2.05, 4.69) is 32.7 Å². The van der Waals surface area contributed by atoms with Crippen molar-refractivity contribution in [2.45, 2.75) is 31.8 Å². The molecule has 31 heavy (non-hydrogen) atoms. The number of guanidine groups is 1. The normalized spacial score (nSPS) is 15.9. The lowest BCUT2D eigenvalue weighted by atomic mass is 10.0. The first-order valence-electron chi connectivity index (χ1n) is 10.7. The van der Waals surface area contributed by atoms with Gasteiger partial charge in [-0.2, -0.15) is 0 Å². The fourth-order valence-electron chi connectivity index (χ4n) is 3.95. The van der Waals surface area contributed by atoms with Gasteiger partial charge in [0, 0.05) is 31.8 Å². The summed E-state index contributed by atoms with van der Waals surface area (Å²) in [4.78, 5) is 17.7. The predicted molar refractivity (Wildman–Crippen MR) is 122 cm³/mol. The molecule has 1 saturated heterocycles. The van der Waals surface area contributed by atoms with Crippen molar-refractivity contribution in [2.24, 2.45) is 4.99 Å². The zero-order valence-corrected chi connectivity index (χ0v) is 18.2. The van der Waals surface area contributed by atoms with E-state index in [9.17, 15) is 10.1 Å². The third-order valence-corrected chi connectivity index (χ3v) is 5.65. The van der Waals surface area contributed by atoms with Crippen LogP contribution in [0, 0.1) is 10.1 Å². The van der Waals surface area contributed by atoms with Crippen LogP contribution in [0.1, 0.15) is 36.4 Å². The van der Waals surface area contributed by atoms with Gasteiger partial charge in [0.25, 0.3) is 5.69 Å². The van der Waals surface area contributed by atoms with Crippen LogP contribution in [0.3, 0.4) is 0 Å². The Morgan fingerprint density at radius 2 is 1.84 bits per heavy atom. The number of likely N-dealkylation sites (tertiary alicyclic amines) is 1. The molecule has 2 N–H and O–H groups in total. The molecule has 0 amide bonds. The summed E-state index contributed by atoms with van der Waals surface area (Å²) >= 11 is 0. The highest BCUT2D eigenvalue weighted by molar-refractivity contribution is 5.79. The summed E-state index contributed by atoms with van der Waals surface area (Å²) in [6.07, 6.45) is 3.69. The second-order valence-electron chi connectivity index (χ2n) is 7.58. The van der Waals surface area contributed by atoms with E-state index >= 15 is 0 Å². The largest absolute Gasteiger partial charge is 0.497 e. The molecular weight excluding hydrogens is 394 g/mol. The van der Waals surface area contributed by atoms with Gasteiger partial charge in [-0.3, -0.25) is 20.0 Å². The van der Waals surface area contributed by atoms with Crippen molar-refractivity contribution in [3.63, 3.8) is 0 Å². The van der Waals surface area contributed by atoms with Gasteiger partial charge in [0.05, 0.1) is 18.1 Å². The van der Waals surface area contributed by atoms with Crippen LogP contribution >= 0.6 is 0 Å². The second kappa shape index (κ2) is 11.3. The summed E-state index contributed by atoms with van der Waals surface area (Å²) in [5, 5.41) is 17.9. The standard InChI is InChI=1S/C23H31N5O3/c1-24-23(25-16-19-8-4-5-9-21(19)28(29)30)26-17-22(27-14-6-3-7-15-27)18-10-12-20(31-2)13-11-18/h4-5,8-13,22H,3,6-7,14-17H2,1-2H3,(H2,24,25,26). The monoisotopic (exact) mass is 425 g/mol. The number of methoxy groups -OCH3 is 1. The van der Waals surface area contributed by atoms with E-state index in [0.717, 1.165) is 18.8 Å². The summed E-state index contributed by atoms with van der Waals surface area (Å²) in [5.41, 5.74) is 1.96. The Labute approximate surface area is 183 Å². The van der Waals surface area contributed by atoms with Crippen molar-refractivity contribution in [3.05, 3.63) is 69.8 Å². The van der Waals surface area contributed by atoms with Gasteiger partial charge in [0.15, 0.2) is 5.96 Å². The summed E-state index contributed by atoms with van der Waals surface area (Å²) < 4.78 is 5.30. The Morgan fingerprint density at radius 1 is 1.13 bits per heavy atom. The molecule has 166 valence electrons. The molecule has 1 fully saturated rings. The Kier molecular flexibility index (Phi) is 8.23. The number of nitro benzene ring substituents is 1. The van der Waals surface area contributed by atoms with E-state index in [1.165, 1.54) is 30.9 Å². The van der Waals surface area contributed by atoms with Crippen molar-refractivity contribution in [1.82, 2.24) is 15.5 Å². The van der Waals surface area contributed by atoms with E-state index in [-0.39, 0.29) is 16.7 Å². The molecule has 1 heterocycles. The average Bonchev–Trinajstić information content (AvgIpc) is 2.82. The minimum absolute atomic E-state index is 0.106. The highest BCUT2D eigenvalue weighted by Gasteiger charge is 2.23. The van der Waals surface area contributed by atoms with Crippen LogP contribution in [0.15, 0.2) is 53.5 Å². The summed E-state index contributed by atoms with van der Waals surface area (Å²) in [7, 11) is 3.38. The lowest BCUT2D eigenvalue weighted by Gasteiger charge is -2.35. The van der Waals surface area contributed by atoms with Crippen LogP contribution in [-0.4, -0.2) is 49.6 Å². The van der Waals surface area contributed by atoms with E-state index in [1.807, 2.05) is 12.1 Å². The van der Waals surface area contributed by atoms with Crippen molar-refractivity contribution < 1.29 is 9.66 Å². The summed E-state index contributed by atoms with van der Waals surface area (Å²) in [5.74, 6) is 1.46. The van der Waals surface area contributed by atoms with Crippen LogP contribution in [-0.2, 0) is 6.54 Å². The Balaban J connectivity index is 1.66. The van der Waals surface area contributed by atoms with Gasteiger partial charge >= 0.3 is 0 Å². The molecule has 2 aromatic rings. The minimum atomic E-state index is -0.358. The zero-order chi connectivity index (χ0) is 22.1. The van der Waals surface area contributed by atoms with E-state index in [4.69, 9.17) is 4.74 Å². The number of benzene rings is 2. The van der Waals surface area contributed by atoms with Gasteiger partial charge in [-0.15, -0.1) is 0 Å². The van der Waals surface area contributed by atoms with E-state index in [1.54, 1.807) is 32.4 Å². The van der Waals surface area contributed by atoms with Crippen molar-refractivity contribution in [2.75, 3.05) is 33.8 Å². The number of hydrogen-bond donors (Lipinski definition) is 2. The first kappa shape index (κ1) is 22.6. The molecule has 0 spiro atoms. The Morgan fingerprint density at radius 3 is 2.48 bits per heavy atom. The van der Waals surface area contributed by atoms with Crippen molar-refractivity contribution in [3.8, 4) is 5.75 Å². The molecule has 3 rings (SSSR count). The lowest BCUT2D eigenvalue weighted by molar-refractivity contribution is -0.385. The van der Waals surface area contributed by atoms with Gasteiger partial charge in [-0.05, 0) is 43.6 Å². The second-order valence-corrected chi connectivity index (χ2v) is 7.58. The number of nitrogens with one attached hydrogen (secondary N) is 2. The van der Waals surface area contributed by atoms with Gasteiger partial charge in [-0.1, -0.05) is 36.8 Å². The number of rotatable bonds is 8. The van der Waals surface area contributed by atoms with Crippen molar-refractivity contribution in [1.29, 1.82) is 0 Å². The Hall–Kier alpha value is -3.13. The molecule has 0 saturated carbocycles. The van der Waals surface area contributed by atoms with Crippen LogP contribution < -0.4 is 15.4 Å². The molecule has 1 aliphatic rings. The fraction of sp³-hybridized carbons (Fsp3) is 0.435. The van der Waals surface area contributed by atoms with Crippen LogP contribution in [0.5, 0.6) is 5.75 Å². The topological polar surface area (TPSA) is 92.0 Å². The highest BCUT2D eigenvalue weighted by Crippen LogP contribution is 2.26. The molecule has 2 aromatic carbocycles. The molecule has 0 bridgehead atoms. The third-order valence-electron chi connectivity index (χ3n) is 5.65. The van der Waals surface area contributed by atoms with E-state index < -0.39 is 0 Å². The maximum Gasteiger partial charge on any atom is 0.274 e. The zero-order valence-electron chi connectivity index (χ0n) is 18.2. The SMILES string of the molecule is CN=C(NCc1ccccc1[N+](=O)[O-])NCC(c1ccc(OC)cc1)N1CCCCC1.